The molecular weight excluding hydrogens is 467 g/mol. The van der Waals surface area contributed by atoms with Crippen molar-refractivity contribution in [1.82, 2.24) is 14.5 Å². The molecule has 0 aromatic rings. The van der Waals surface area contributed by atoms with Gasteiger partial charge in [-0.15, -0.1) is 24.0 Å². The number of nitrogens with zero attached hydrogens (tertiary/aromatic N) is 3. The second-order valence-corrected chi connectivity index (χ2v) is 8.92. The molecule has 0 spiro atoms. The molecule has 0 aromatic heterocycles. The van der Waals surface area contributed by atoms with Crippen LogP contribution in [0.1, 0.15) is 39.5 Å². The first-order valence-electron chi connectivity index (χ1n) is 9.54. The van der Waals surface area contributed by atoms with Crippen LogP contribution in [0.25, 0.3) is 0 Å². The lowest BCUT2D eigenvalue weighted by molar-refractivity contribution is 0.0263. The second-order valence-electron chi connectivity index (χ2n) is 6.94. The molecule has 0 aliphatic carbocycles. The minimum Gasteiger partial charge on any atom is -0.378 e. The first kappa shape index (κ1) is 23.9. The predicted octanol–water partition coefficient (Wildman–Crippen LogP) is 1.74. The number of ether oxygens (including phenoxy) is 1. The summed E-state index contributed by atoms with van der Waals surface area (Å²) in [4.78, 5) is 7.17. The molecule has 0 unspecified atom stereocenters. The molecule has 0 atom stereocenters. The fourth-order valence-electron chi connectivity index (χ4n) is 3.53. The largest absolute Gasteiger partial charge is 0.378 e. The molecule has 1 N–H and O–H groups in total. The quantitative estimate of drug-likeness (QED) is 0.341. The van der Waals surface area contributed by atoms with Gasteiger partial charge in [-0.3, -0.25) is 4.99 Å². The summed E-state index contributed by atoms with van der Waals surface area (Å²) in [6.45, 7) is 9.74. The molecule has 154 valence electrons. The average molecular weight is 502 g/mol. The van der Waals surface area contributed by atoms with E-state index in [9.17, 15) is 8.42 Å². The predicted molar refractivity (Wildman–Crippen MR) is 117 cm³/mol. The van der Waals surface area contributed by atoms with E-state index in [4.69, 9.17) is 9.73 Å². The molecule has 2 fully saturated rings. The van der Waals surface area contributed by atoms with Gasteiger partial charge in [0.05, 0.1) is 12.4 Å². The molecule has 0 amide bonds. The highest BCUT2D eigenvalue weighted by molar-refractivity contribution is 14.0. The monoisotopic (exact) mass is 502 g/mol. The van der Waals surface area contributed by atoms with Crippen LogP contribution < -0.4 is 5.32 Å². The van der Waals surface area contributed by atoms with Crippen molar-refractivity contribution in [3.63, 3.8) is 0 Å². The highest BCUT2D eigenvalue weighted by Gasteiger charge is 2.25. The van der Waals surface area contributed by atoms with Gasteiger partial charge in [0.15, 0.2) is 5.96 Å². The Morgan fingerprint density at radius 3 is 2.23 bits per heavy atom. The summed E-state index contributed by atoms with van der Waals surface area (Å²) < 4.78 is 30.5. The third-order valence-corrected chi connectivity index (χ3v) is 6.32. The maximum Gasteiger partial charge on any atom is 0.211 e. The number of piperidine rings is 2. The number of nitrogens with one attached hydrogen (secondary N) is 1. The zero-order valence-corrected chi connectivity index (χ0v) is 19.5. The SMILES string of the molecule is CCNC(=NCC1CCN(S(C)(=O)=O)CC1)N1CCC(OCC)CC1.I. The Morgan fingerprint density at radius 2 is 1.73 bits per heavy atom. The third-order valence-electron chi connectivity index (χ3n) is 5.02. The van der Waals surface area contributed by atoms with Gasteiger partial charge in [0.2, 0.25) is 10.0 Å². The van der Waals surface area contributed by atoms with Crippen LogP contribution in [0.3, 0.4) is 0 Å². The molecule has 7 nitrogen and oxygen atoms in total. The van der Waals surface area contributed by atoms with Gasteiger partial charge in [-0.25, -0.2) is 12.7 Å². The number of hydrogen-bond donors (Lipinski definition) is 1. The first-order chi connectivity index (χ1) is 11.9. The lowest BCUT2D eigenvalue weighted by atomic mass is 9.98. The van der Waals surface area contributed by atoms with E-state index in [0.29, 0.717) is 25.1 Å². The van der Waals surface area contributed by atoms with Crippen molar-refractivity contribution in [3.05, 3.63) is 0 Å². The topological polar surface area (TPSA) is 74.2 Å². The van der Waals surface area contributed by atoms with Gasteiger partial charge >= 0.3 is 0 Å². The van der Waals surface area contributed by atoms with Crippen molar-refractivity contribution >= 4 is 40.0 Å². The van der Waals surface area contributed by atoms with Gasteiger partial charge in [-0.2, -0.15) is 0 Å². The van der Waals surface area contributed by atoms with E-state index in [1.165, 1.54) is 6.26 Å². The fraction of sp³-hybridized carbons (Fsp3) is 0.941. The van der Waals surface area contributed by atoms with Crippen molar-refractivity contribution in [2.24, 2.45) is 10.9 Å². The van der Waals surface area contributed by atoms with Gasteiger partial charge in [-0.1, -0.05) is 0 Å². The lowest BCUT2D eigenvalue weighted by Gasteiger charge is -2.34. The van der Waals surface area contributed by atoms with Crippen LogP contribution in [-0.4, -0.2) is 81.8 Å². The van der Waals surface area contributed by atoms with E-state index in [0.717, 1.165) is 64.4 Å². The molecule has 2 saturated heterocycles. The van der Waals surface area contributed by atoms with Crippen molar-refractivity contribution in [1.29, 1.82) is 0 Å². The molecule has 0 radical (unpaired) electrons. The van der Waals surface area contributed by atoms with Crippen LogP contribution in [0, 0.1) is 5.92 Å². The minimum atomic E-state index is -3.05. The van der Waals surface area contributed by atoms with Crippen LogP contribution in [0.15, 0.2) is 4.99 Å². The highest BCUT2D eigenvalue weighted by atomic mass is 127. The van der Waals surface area contributed by atoms with Crippen molar-refractivity contribution in [3.8, 4) is 0 Å². The Morgan fingerprint density at radius 1 is 1.12 bits per heavy atom. The van der Waals surface area contributed by atoms with E-state index < -0.39 is 10.0 Å². The summed E-state index contributed by atoms with van der Waals surface area (Å²) in [6.07, 6.45) is 5.55. The molecule has 0 bridgehead atoms. The lowest BCUT2D eigenvalue weighted by Crippen LogP contribution is -2.47. The summed E-state index contributed by atoms with van der Waals surface area (Å²) in [5, 5.41) is 3.40. The fourth-order valence-corrected chi connectivity index (χ4v) is 4.41. The molecule has 26 heavy (non-hydrogen) atoms. The number of guanidine groups is 1. The van der Waals surface area contributed by atoms with Crippen molar-refractivity contribution in [2.75, 3.05) is 52.1 Å². The maximum atomic E-state index is 11.6. The molecule has 2 aliphatic heterocycles. The Labute approximate surface area is 176 Å². The Hall–Kier alpha value is -0.130. The van der Waals surface area contributed by atoms with Gasteiger partial charge in [0.25, 0.3) is 0 Å². The van der Waals surface area contributed by atoms with Crippen LogP contribution in [0.4, 0.5) is 0 Å². The highest BCUT2D eigenvalue weighted by Crippen LogP contribution is 2.20. The van der Waals surface area contributed by atoms with Crippen LogP contribution in [-0.2, 0) is 14.8 Å². The van der Waals surface area contributed by atoms with E-state index in [2.05, 4.69) is 17.1 Å². The van der Waals surface area contributed by atoms with Crippen LogP contribution >= 0.6 is 24.0 Å². The molecule has 2 rings (SSSR count). The van der Waals surface area contributed by atoms with Gasteiger partial charge in [-0.05, 0) is 45.4 Å². The number of sulfonamides is 1. The van der Waals surface area contributed by atoms with E-state index >= 15 is 0 Å². The maximum absolute atomic E-state index is 11.6. The minimum absolute atomic E-state index is 0. The van der Waals surface area contributed by atoms with Crippen molar-refractivity contribution < 1.29 is 13.2 Å². The first-order valence-corrected chi connectivity index (χ1v) is 11.4. The summed E-state index contributed by atoms with van der Waals surface area (Å²) in [5.41, 5.74) is 0. The summed E-state index contributed by atoms with van der Waals surface area (Å²) in [5.74, 6) is 1.45. The number of aliphatic imine (C=N–C) groups is 1. The Balaban J connectivity index is 0.00000338. The molecule has 0 aromatic carbocycles. The Bertz CT molecular complexity index is 528. The third kappa shape index (κ3) is 7.47. The summed E-state index contributed by atoms with van der Waals surface area (Å²) in [6, 6.07) is 0. The zero-order valence-electron chi connectivity index (χ0n) is 16.3. The normalized spacial score (nSPS) is 21.5. The summed E-state index contributed by atoms with van der Waals surface area (Å²) in [7, 11) is -3.05. The number of halogens is 1. The molecule has 0 saturated carbocycles. The molecule has 2 aliphatic rings. The average Bonchev–Trinajstić information content (AvgIpc) is 2.59. The number of hydrogen-bond acceptors (Lipinski definition) is 4. The van der Waals surface area contributed by atoms with Gasteiger partial charge < -0.3 is 15.0 Å². The molecule has 2 heterocycles. The molecule has 9 heteroatoms. The molecular formula is C17H35IN4O3S. The summed E-state index contributed by atoms with van der Waals surface area (Å²) >= 11 is 0. The number of rotatable bonds is 6. The zero-order chi connectivity index (χ0) is 18.3. The Kier molecular flexibility index (Phi) is 10.7. The van der Waals surface area contributed by atoms with E-state index in [1.807, 2.05) is 6.92 Å². The number of likely N-dealkylation sites (tertiary alicyclic amines) is 1. The van der Waals surface area contributed by atoms with E-state index in [1.54, 1.807) is 4.31 Å². The standard InChI is InChI=1S/C17H34N4O3S.HI/c1-4-18-17(20-10-8-16(9-11-20)24-5-2)19-14-15-6-12-21(13-7-15)25(3,22)23;/h15-16H,4-14H2,1-3H3,(H,18,19);1H. The van der Waals surface area contributed by atoms with E-state index in [-0.39, 0.29) is 24.0 Å². The smallest absolute Gasteiger partial charge is 0.211 e. The van der Waals surface area contributed by atoms with Crippen LogP contribution in [0.5, 0.6) is 0 Å². The van der Waals surface area contributed by atoms with Crippen LogP contribution in [0.2, 0.25) is 0 Å². The van der Waals surface area contributed by atoms with Gasteiger partial charge in [0.1, 0.15) is 0 Å². The second kappa shape index (κ2) is 11.7. The van der Waals surface area contributed by atoms with Gasteiger partial charge in [0, 0.05) is 45.9 Å². The van der Waals surface area contributed by atoms with Crippen molar-refractivity contribution in [2.45, 2.75) is 45.6 Å².